The van der Waals surface area contributed by atoms with Crippen LogP contribution in [0.3, 0.4) is 0 Å². The summed E-state index contributed by atoms with van der Waals surface area (Å²) in [5.74, 6) is 0. The Labute approximate surface area is 54.0 Å². The molecule has 6 heavy (non-hydrogen) atoms. The van der Waals surface area contributed by atoms with Crippen molar-refractivity contribution in [2.45, 2.75) is 0 Å². The molecule has 0 aliphatic rings. The van der Waals surface area contributed by atoms with Crippen molar-refractivity contribution in [2.75, 3.05) is 0 Å². The first-order valence-electron chi connectivity index (χ1n) is 0.651. The quantitative estimate of drug-likeness (QED) is 0.414. The molecule has 2 N–H and O–H groups in total. The van der Waals surface area contributed by atoms with Gasteiger partial charge in [0.15, 0.2) is 0 Å². The van der Waals surface area contributed by atoms with Crippen LogP contribution in [0.5, 0.6) is 0 Å². The zero-order valence-electron chi connectivity index (χ0n) is 2.30. The zero-order valence-corrected chi connectivity index (χ0v) is 3.30. The molecule has 3 nitrogen and oxygen atoms in total. The number of rotatable bonds is 0. The molecule has 0 saturated carbocycles. The summed E-state index contributed by atoms with van der Waals surface area (Å²) in [6.07, 6.45) is -1.83. The van der Waals surface area contributed by atoms with Crippen LogP contribution in [-0.4, -0.2) is 35.2 Å². The Morgan fingerprint density at radius 3 is 1.33 bits per heavy atom. The van der Waals surface area contributed by atoms with Crippen molar-refractivity contribution >= 4 is 38.5 Å². The van der Waals surface area contributed by atoms with E-state index in [1.807, 2.05) is 0 Å². The Morgan fingerprint density at radius 2 is 1.33 bits per heavy atom. The van der Waals surface area contributed by atoms with Crippen LogP contribution in [0.2, 0.25) is 0 Å². The fraction of sp³-hybridized carbons (Fsp3) is 0. The van der Waals surface area contributed by atoms with Gasteiger partial charge in [-0.05, 0) is 0 Å². The maximum absolute atomic E-state index is 8.56. The van der Waals surface area contributed by atoms with E-state index in [1.165, 1.54) is 0 Å². The Balaban J connectivity index is -0.0000000450. The molecule has 0 aromatic heterocycles. The van der Waals surface area contributed by atoms with Crippen molar-refractivity contribution in [3.05, 3.63) is 0 Å². The van der Waals surface area contributed by atoms with E-state index in [0.29, 0.717) is 0 Å². The first-order chi connectivity index (χ1) is 1.73. The molecular weight excluding hydrogens is 99.0 g/mol. The molecule has 0 fully saturated rings. The zero-order chi connectivity index (χ0) is 3.58. The van der Waals surface area contributed by atoms with Gasteiger partial charge < -0.3 is 10.2 Å². The molecule has 0 heterocycles. The minimum absolute atomic E-state index is 0. The van der Waals surface area contributed by atoms with Crippen molar-refractivity contribution < 1.29 is 15.0 Å². The van der Waals surface area contributed by atoms with Crippen molar-refractivity contribution in [1.82, 2.24) is 0 Å². The number of hydrogen-bond acceptors (Lipinski definition) is 1. The van der Waals surface area contributed by atoms with Crippen LogP contribution in [-0.2, 0) is 0 Å². The third-order valence-electron chi connectivity index (χ3n) is 0. The van der Waals surface area contributed by atoms with Gasteiger partial charge in [-0.15, -0.1) is 0 Å². The van der Waals surface area contributed by atoms with Gasteiger partial charge in [-0.25, -0.2) is 4.79 Å². The summed E-state index contributed by atoms with van der Waals surface area (Å²) in [5.41, 5.74) is 0. The topological polar surface area (TPSA) is 57.5 Å². The van der Waals surface area contributed by atoms with Gasteiger partial charge in [-0.1, -0.05) is 0 Å². The van der Waals surface area contributed by atoms with E-state index in [2.05, 4.69) is 0 Å². The van der Waals surface area contributed by atoms with Gasteiger partial charge in [0, 0.05) is 0 Å². The molecule has 0 radical (unpaired) electrons. The Kier molecular flexibility index (Phi) is 24.4. The Morgan fingerprint density at radius 1 is 1.33 bits per heavy atom. The normalized spacial score (nSPS) is 4.00. The first kappa shape index (κ1) is 16.3. The van der Waals surface area contributed by atoms with Crippen molar-refractivity contribution in [3.8, 4) is 0 Å². The maximum atomic E-state index is 8.56. The fourth-order valence-corrected chi connectivity index (χ4v) is 0. The van der Waals surface area contributed by atoms with Crippen LogP contribution in [0.15, 0.2) is 0 Å². The van der Waals surface area contributed by atoms with Gasteiger partial charge in [0.2, 0.25) is 0 Å². The molecule has 0 spiro atoms. The van der Waals surface area contributed by atoms with Gasteiger partial charge in [0.1, 0.15) is 0 Å². The SMILES string of the molecule is O=C(O)O.S.[LiH]. The van der Waals surface area contributed by atoms with E-state index >= 15 is 0 Å². The van der Waals surface area contributed by atoms with E-state index in [0.717, 1.165) is 0 Å². The molecule has 0 unspecified atom stereocenters. The number of carboxylic acid groups (broad SMARTS) is 2. The molecule has 0 aromatic rings. The summed E-state index contributed by atoms with van der Waals surface area (Å²) in [5, 5.41) is 13.9. The van der Waals surface area contributed by atoms with Crippen molar-refractivity contribution in [1.29, 1.82) is 0 Å². The number of hydrogen-bond donors (Lipinski definition) is 2. The van der Waals surface area contributed by atoms with E-state index < -0.39 is 6.16 Å². The van der Waals surface area contributed by atoms with Crippen LogP contribution in [0.1, 0.15) is 0 Å². The van der Waals surface area contributed by atoms with Crippen molar-refractivity contribution in [3.63, 3.8) is 0 Å². The summed E-state index contributed by atoms with van der Waals surface area (Å²) >= 11 is 0. The van der Waals surface area contributed by atoms with Gasteiger partial charge in [-0.3, -0.25) is 0 Å². The Hall–Kier alpha value is 0.217. The van der Waals surface area contributed by atoms with E-state index in [9.17, 15) is 0 Å². The second kappa shape index (κ2) is 8.96. The molecule has 0 aliphatic heterocycles. The molecule has 0 aromatic carbocycles. The van der Waals surface area contributed by atoms with E-state index in [4.69, 9.17) is 15.0 Å². The molecule has 0 amide bonds. The monoisotopic (exact) mass is 104 g/mol. The summed E-state index contributed by atoms with van der Waals surface area (Å²) in [4.78, 5) is 8.56. The van der Waals surface area contributed by atoms with Crippen LogP contribution in [0.25, 0.3) is 0 Å². The summed E-state index contributed by atoms with van der Waals surface area (Å²) < 4.78 is 0. The minimum atomic E-state index is -1.83. The predicted molar refractivity (Wildman–Crippen MR) is 28.2 cm³/mol. The second-order valence-electron chi connectivity index (χ2n) is 0.283. The van der Waals surface area contributed by atoms with E-state index in [-0.39, 0.29) is 32.4 Å². The van der Waals surface area contributed by atoms with Crippen molar-refractivity contribution in [2.24, 2.45) is 0 Å². The van der Waals surface area contributed by atoms with Crippen LogP contribution < -0.4 is 0 Å². The summed E-state index contributed by atoms with van der Waals surface area (Å²) in [7, 11) is 0. The fourth-order valence-electron chi connectivity index (χ4n) is 0. The van der Waals surface area contributed by atoms with Gasteiger partial charge in [0.25, 0.3) is 0 Å². The summed E-state index contributed by atoms with van der Waals surface area (Å²) in [6, 6.07) is 0. The summed E-state index contributed by atoms with van der Waals surface area (Å²) in [6.45, 7) is 0. The molecule has 0 saturated heterocycles. The molecule has 0 bridgehead atoms. The molecule has 0 rings (SSSR count). The van der Waals surface area contributed by atoms with E-state index in [1.54, 1.807) is 0 Å². The average molecular weight is 104 g/mol. The van der Waals surface area contributed by atoms with Gasteiger partial charge in [-0.2, -0.15) is 13.5 Å². The second-order valence-corrected chi connectivity index (χ2v) is 0.283. The molecule has 0 aliphatic carbocycles. The van der Waals surface area contributed by atoms with Gasteiger partial charge in [0.05, 0.1) is 0 Å². The molecule has 34 valence electrons. The predicted octanol–water partition coefficient (Wildman–Crippen LogP) is -0.313. The Bertz CT molecular complexity index is 33.8. The third kappa shape index (κ3) is 924. The molecular formula is CH5LiO3S. The van der Waals surface area contributed by atoms with Crippen LogP contribution in [0.4, 0.5) is 4.79 Å². The molecule has 0 atom stereocenters. The average Bonchev–Trinajstić information content (AvgIpc) is 0.811. The number of carbonyl (C=O) groups is 1. The molecule has 5 heteroatoms. The standard InChI is InChI=1S/CH2O3.Li.H2S.H/c2-1(3)4;;;/h(H2,2,3,4);;1H2;. The van der Waals surface area contributed by atoms with Crippen LogP contribution in [0, 0.1) is 0 Å². The third-order valence-corrected chi connectivity index (χ3v) is 0. The first-order valence-corrected chi connectivity index (χ1v) is 0.651. The van der Waals surface area contributed by atoms with Gasteiger partial charge >= 0.3 is 25.0 Å². The van der Waals surface area contributed by atoms with Crippen LogP contribution >= 0.6 is 13.5 Å².